The molecule has 0 fully saturated rings. The second-order valence-corrected chi connectivity index (χ2v) is 4.97. The lowest BCUT2D eigenvalue weighted by atomic mass is 10.2. The smallest absolute Gasteiger partial charge is 0.123 e. The Bertz CT molecular complexity index is 555. The Morgan fingerprint density at radius 2 is 1.76 bits per heavy atom. The maximum Gasteiger partial charge on any atom is 0.123 e. The SMILES string of the molecule is COc1ccccc1CN(C)CCOc1ccc(N)cc1. The zero-order valence-electron chi connectivity index (χ0n) is 12.6. The monoisotopic (exact) mass is 286 g/mol. The van der Waals surface area contributed by atoms with E-state index in [2.05, 4.69) is 18.0 Å². The number of hydrogen-bond acceptors (Lipinski definition) is 4. The average molecular weight is 286 g/mol. The number of hydrogen-bond donors (Lipinski definition) is 1. The lowest BCUT2D eigenvalue weighted by Gasteiger charge is -2.18. The van der Waals surface area contributed by atoms with E-state index < -0.39 is 0 Å². The number of likely N-dealkylation sites (N-methyl/N-ethyl adjacent to an activating group) is 1. The molecule has 21 heavy (non-hydrogen) atoms. The number of benzene rings is 2. The van der Waals surface area contributed by atoms with Crippen LogP contribution in [0, 0.1) is 0 Å². The van der Waals surface area contributed by atoms with Gasteiger partial charge in [0.2, 0.25) is 0 Å². The molecule has 0 heterocycles. The molecular weight excluding hydrogens is 264 g/mol. The van der Waals surface area contributed by atoms with Gasteiger partial charge < -0.3 is 15.2 Å². The van der Waals surface area contributed by atoms with E-state index in [4.69, 9.17) is 15.2 Å². The molecule has 2 N–H and O–H groups in total. The van der Waals surface area contributed by atoms with Crippen LogP contribution in [0.1, 0.15) is 5.56 Å². The average Bonchev–Trinajstić information content (AvgIpc) is 2.50. The second kappa shape index (κ2) is 7.55. The number of nitrogen functional groups attached to an aromatic ring is 1. The van der Waals surface area contributed by atoms with Crippen molar-refractivity contribution in [2.24, 2.45) is 0 Å². The minimum absolute atomic E-state index is 0.634. The summed E-state index contributed by atoms with van der Waals surface area (Å²) >= 11 is 0. The fraction of sp³-hybridized carbons (Fsp3) is 0.294. The van der Waals surface area contributed by atoms with E-state index >= 15 is 0 Å². The third-order valence-electron chi connectivity index (χ3n) is 3.25. The molecule has 4 nitrogen and oxygen atoms in total. The van der Waals surface area contributed by atoms with Crippen LogP contribution in [-0.2, 0) is 6.54 Å². The van der Waals surface area contributed by atoms with Crippen molar-refractivity contribution in [3.63, 3.8) is 0 Å². The molecule has 0 aliphatic carbocycles. The molecule has 0 unspecified atom stereocenters. The van der Waals surface area contributed by atoms with Crippen molar-refractivity contribution in [3.05, 3.63) is 54.1 Å². The van der Waals surface area contributed by atoms with Gasteiger partial charge in [0.05, 0.1) is 7.11 Å². The summed E-state index contributed by atoms with van der Waals surface area (Å²) in [7, 11) is 3.77. The standard InChI is InChI=1S/C17H22N2O2/c1-19(13-14-5-3-4-6-17(14)20-2)11-12-21-16-9-7-15(18)8-10-16/h3-10H,11-13,18H2,1-2H3. The van der Waals surface area contributed by atoms with Gasteiger partial charge in [-0.2, -0.15) is 0 Å². The lowest BCUT2D eigenvalue weighted by Crippen LogP contribution is -2.24. The van der Waals surface area contributed by atoms with E-state index in [1.807, 2.05) is 42.5 Å². The Morgan fingerprint density at radius 3 is 2.48 bits per heavy atom. The second-order valence-electron chi connectivity index (χ2n) is 4.97. The quantitative estimate of drug-likeness (QED) is 0.795. The Kier molecular flexibility index (Phi) is 5.46. The molecule has 112 valence electrons. The van der Waals surface area contributed by atoms with Gasteiger partial charge in [0.25, 0.3) is 0 Å². The van der Waals surface area contributed by atoms with E-state index in [9.17, 15) is 0 Å². The third kappa shape index (κ3) is 4.68. The number of para-hydroxylation sites is 1. The maximum absolute atomic E-state index is 5.70. The van der Waals surface area contributed by atoms with Crippen molar-refractivity contribution in [2.45, 2.75) is 6.54 Å². The van der Waals surface area contributed by atoms with Crippen LogP contribution in [0.25, 0.3) is 0 Å². The van der Waals surface area contributed by atoms with E-state index in [1.54, 1.807) is 7.11 Å². The Labute approximate surface area is 126 Å². The van der Waals surface area contributed by atoms with Gasteiger partial charge in [0, 0.05) is 24.3 Å². The number of ether oxygens (including phenoxy) is 2. The summed E-state index contributed by atoms with van der Waals surface area (Å²) in [6.45, 7) is 2.30. The first-order valence-electron chi connectivity index (χ1n) is 6.98. The summed E-state index contributed by atoms with van der Waals surface area (Å²) in [4.78, 5) is 2.20. The van der Waals surface area contributed by atoms with Crippen molar-refractivity contribution in [2.75, 3.05) is 33.0 Å². The van der Waals surface area contributed by atoms with Crippen LogP contribution in [-0.4, -0.2) is 32.2 Å². The summed E-state index contributed by atoms with van der Waals surface area (Å²) in [5, 5.41) is 0. The van der Waals surface area contributed by atoms with Crippen molar-refractivity contribution in [1.29, 1.82) is 0 Å². The van der Waals surface area contributed by atoms with Crippen LogP contribution in [0.2, 0.25) is 0 Å². The summed E-state index contributed by atoms with van der Waals surface area (Å²) in [5.74, 6) is 1.76. The van der Waals surface area contributed by atoms with Gasteiger partial charge in [-0.3, -0.25) is 4.90 Å². The summed E-state index contributed by atoms with van der Waals surface area (Å²) in [6.07, 6.45) is 0. The molecule has 0 bridgehead atoms. The zero-order chi connectivity index (χ0) is 15.1. The molecule has 0 aliphatic rings. The summed E-state index contributed by atoms with van der Waals surface area (Å²) < 4.78 is 11.1. The minimum atomic E-state index is 0.634. The predicted molar refractivity (Wildman–Crippen MR) is 85.7 cm³/mol. The Morgan fingerprint density at radius 1 is 1.05 bits per heavy atom. The highest BCUT2D eigenvalue weighted by Gasteiger charge is 2.05. The largest absolute Gasteiger partial charge is 0.496 e. The summed E-state index contributed by atoms with van der Waals surface area (Å²) in [5.41, 5.74) is 7.56. The fourth-order valence-electron chi connectivity index (χ4n) is 2.09. The molecule has 0 radical (unpaired) electrons. The number of anilines is 1. The maximum atomic E-state index is 5.70. The van der Waals surface area contributed by atoms with Crippen molar-refractivity contribution in [1.82, 2.24) is 4.90 Å². The third-order valence-corrected chi connectivity index (χ3v) is 3.25. The normalized spacial score (nSPS) is 10.6. The molecule has 0 atom stereocenters. The molecule has 0 aliphatic heterocycles. The molecule has 0 saturated carbocycles. The van der Waals surface area contributed by atoms with Crippen LogP contribution in [0.3, 0.4) is 0 Å². The molecule has 0 aromatic heterocycles. The molecule has 2 aromatic rings. The highest BCUT2D eigenvalue weighted by Crippen LogP contribution is 2.18. The van der Waals surface area contributed by atoms with Crippen molar-refractivity contribution in [3.8, 4) is 11.5 Å². The predicted octanol–water partition coefficient (Wildman–Crippen LogP) is 2.79. The van der Waals surface area contributed by atoms with Gasteiger partial charge in [-0.1, -0.05) is 18.2 Å². The molecule has 2 aromatic carbocycles. The van der Waals surface area contributed by atoms with E-state index in [0.717, 1.165) is 30.3 Å². The number of nitrogens with zero attached hydrogens (tertiary/aromatic N) is 1. The molecule has 0 spiro atoms. The highest BCUT2D eigenvalue weighted by molar-refractivity contribution is 5.41. The van der Waals surface area contributed by atoms with Crippen molar-refractivity contribution >= 4 is 5.69 Å². The fourth-order valence-corrected chi connectivity index (χ4v) is 2.09. The highest BCUT2D eigenvalue weighted by atomic mass is 16.5. The Balaban J connectivity index is 1.79. The zero-order valence-corrected chi connectivity index (χ0v) is 12.6. The van der Waals surface area contributed by atoms with Crippen molar-refractivity contribution < 1.29 is 9.47 Å². The first kappa shape index (κ1) is 15.2. The number of rotatable bonds is 7. The lowest BCUT2D eigenvalue weighted by molar-refractivity contribution is 0.231. The topological polar surface area (TPSA) is 47.7 Å². The number of nitrogens with two attached hydrogens (primary N) is 1. The van der Waals surface area contributed by atoms with E-state index in [-0.39, 0.29) is 0 Å². The minimum Gasteiger partial charge on any atom is -0.496 e. The van der Waals surface area contributed by atoms with Gasteiger partial charge in [-0.15, -0.1) is 0 Å². The van der Waals surface area contributed by atoms with E-state index in [0.29, 0.717) is 6.61 Å². The van der Waals surface area contributed by atoms with Crippen LogP contribution in [0.15, 0.2) is 48.5 Å². The molecular formula is C17H22N2O2. The number of methoxy groups -OCH3 is 1. The summed E-state index contributed by atoms with van der Waals surface area (Å²) in [6, 6.07) is 15.5. The van der Waals surface area contributed by atoms with Crippen LogP contribution in [0.5, 0.6) is 11.5 Å². The Hall–Kier alpha value is -2.20. The van der Waals surface area contributed by atoms with Gasteiger partial charge in [0.1, 0.15) is 18.1 Å². The molecule has 2 rings (SSSR count). The van der Waals surface area contributed by atoms with Crippen LogP contribution >= 0.6 is 0 Å². The van der Waals surface area contributed by atoms with Crippen LogP contribution in [0.4, 0.5) is 5.69 Å². The van der Waals surface area contributed by atoms with E-state index in [1.165, 1.54) is 5.56 Å². The molecule has 0 saturated heterocycles. The van der Waals surface area contributed by atoms with Gasteiger partial charge in [-0.05, 0) is 37.4 Å². The molecule has 0 amide bonds. The first-order chi connectivity index (χ1) is 10.2. The first-order valence-corrected chi connectivity index (χ1v) is 6.98. The molecule has 4 heteroatoms. The van der Waals surface area contributed by atoms with Crippen LogP contribution < -0.4 is 15.2 Å². The van der Waals surface area contributed by atoms with Gasteiger partial charge >= 0.3 is 0 Å². The van der Waals surface area contributed by atoms with Gasteiger partial charge in [0.15, 0.2) is 0 Å². The van der Waals surface area contributed by atoms with Gasteiger partial charge in [-0.25, -0.2) is 0 Å².